The number of aromatic nitrogens is 1. The topological polar surface area (TPSA) is 30.0 Å². The van der Waals surface area contributed by atoms with Gasteiger partial charge in [0.15, 0.2) is 5.78 Å². The maximum absolute atomic E-state index is 12.6. The molecule has 0 fully saturated rings. The number of benzene rings is 2. The molecule has 0 aliphatic rings. The highest BCUT2D eigenvalue weighted by molar-refractivity contribution is 9.11. The van der Waals surface area contributed by atoms with Gasteiger partial charge in [-0.1, -0.05) is 37.9 Å². The van der Waals surface area contributed by atoms with Gasteiger partial charge < -0.3 is 0 Å². The Balaban J connectivity index is 2.07. The van der Waals surface area contributed by atoms with E-state index in [0.717, 1.165) is 25.5 Å². The second kappa shape index (κ2) is 5.70. The summed E-state index contributed by atoms with van der Waals surface area (Å²) < 4.78 is 1.75. The molecule has 0 saturated carbocycles. The number of rotatable bonds is 2. The second-order valence-corrected chi connectivity index (χ2v) is 6.68. The van der Waals surface area contributed by atoms with Crippen molar-refractivity contribution in [3.8, 4) is 0 Å². The molecule has 1 heterocycles. The smallest absolute Gasteiger partial charge is 0.193 e. The lowest BCUT2D eigenvalue weighted by atomic mass is 10.0. The number of pyridine rings is 1. The molecule has 0 amide bonds. The number of carbonyl (C=O) groups is 1. The Labute approximate surface area is 139 Å². The summed E-state index contributed by atoms with van der Waals surface area (Å²) >= 11 is 6.82. The van der Waals surface area contributed by atoms with Crippen LogP contribution >= 0.6 is 31.9 Å². The highest BCUT2D eigenvalue weighted by Crippen LogP contribution is 2.23. The van der Waals surface area contributed by atoms with Crippen molar-refractivity contribution in [3.05, 3.63) is 74.3 Å². The van der Waals surface area contributed by atoms with Crippen LogP contribution in [0.25, 0.3) is 10.9 Å². The normalized spacial score (nSPS) is 10.8. The molecule has 0 unspecified atom stereocenters. The Morgan fingerprint density at radius 3 is 2.33 bits per heavy atom. The van der Waals surface area contributed by atoms with Gasteiger partial charge in [0.05, 0.1) is 5.52 Å². The Morgan fingerprint density at radius 2 is 1.62 bits per heavy atom. The molecule has 3 aromatic rings. The van der Waals surface area contributed by atoms with E-state index < -0.39 is 0 Å². The molecule has 0 spiro atoms. The number of nitrogens with zero attached hydrogens (tertiary/aromatic N) is 1. The predicted octanol–water partition coefficient (Wildman–Crippen LogP) is 5.30. The molecule has 2 nitrogen and oxygen atoms in total. The molecule has 4 heteroatoms. The highest BCUT2D eigenvalue weighted by atomic mass is 79.9. The van der Waals surface area contributed by atoms with Gasteiger partial charge in [0.2, 0.25) is 0 Å². The average Bonchev–Trinajstić information content (AvgIpc) is 2.45. The van der Waals surface area contributed by atoms with Gasteiger partial charge in [-0.05, 0) is 49.4 Å². The first-order valence-corrected chi connectivity index (χ1v) is 8.00. The third-order valence-corrected chi connectivity index (χ3v) is 4.13. The standard InChI is InChI=1S/C17H11Br2NO/c1-10-2-3-11-6-12(4-5-16(11)20-10)17(21)13-7-14(18)9-15(19)8-13/h2-9H,1H3. The third kappa shape index (κ3) is 3.06. The summed E-state index contributed by atoms with van der Waals surface area (Å²) in [6.07, 6.45) is 0. The number of hydrogen-bond acceptors (Lipinski definition) is 2. The molecular weight excluding hydrogens is 394 g/mol. The van der Waals surface area contributed by atoms with Crippen LogP contribution in [0, 0.1) is 6.92 Å². The molecule has 21 heavy (non-hydrogen) atoms. The lowest BCUT2D eigenvalue weighted by molar-refractivity contribution is 0.103. The van der Waals surface area contributed by atoms with E-state index in [2.05, 4.69) is 36.8 Å². The number of fused-ring (bicyclic) bond motifs is 1. The molecule has 0 saturated heterocycles. The largest absolute Gasteiger partial charge is 0.289 e. The van der Waals surface area contributed by atoms with Gasteiger partial charge in [0, 0.05) is 31.2 Å². The summed E-state index contributed by atoms with van der Waals surface area (Å²) in [4.78, 5) is 17.1. The minimum absolute atomic E-state index is 0.000486. The maximum Gasteiger partial charge on any atom is 0.193 e. The maximum atomic E-state index is 12.6. The zero-order valence-electron chi connectivity index (χ0n) is 11.2. The number of ketones is 1. The van der Waals surface area contributed by atoms with Crippen LogP contribution in [0.5, 0.6) is 0 Å². The predicted molar refractivity (Wildman–Crippen MR) is 91.8 cm³/mol. The van der Waals surface area contributed by atoms with Crippen molar-refractivity contribution in [2.45, 2.75) is 6.92 Å². The number of hydrogen-bond donors (Lipinski definition) is 0. The lowest BCUT2D eigenvalue weighted by Crippen LogP contribution is -2.01. The summed E-state index contributed by atoms with van der Waals surface area (Å²) in [5, 5.41) is 0.973. The van der Waals surface area contributed by atoms with Crippen molar-refractivity contribution in [3.63, 3.8) is 0 Å². The van der Waals surface area contributed by atoms with Gasteiger partial charge in [-0.15, -0.1) is 0 Å². The van der Waals surface area contributed by atoms with E-state index in [4.69, 9.17) is 0 Å². The summed E-state index contributed by atoms with van der Waals surface area (Å²) in [5.74, 6) is -0.000486. The van der Waals surface area contributed by atoms with Gasteiger partial charge in [-0.2, -0.15) is 0 Å². The molecule has 104 valence electrons. The first-order valence-electron chi connectivity index (χ1n) is 6.41. The van der Waals surface area contributed by atoms with Crippen molar-refractivity contribution in [1.82, 2.24) is 4.98 Å². The first kappa shape index (κ1) is 14.4. The Hall–Kier alpha value is -1.52. The third-order valence-electron chi connectivity index (χ3n) is 3.22. The summed E-state index contributed by atoms with van der Waals surface area (Å²) in [6, 6.07) is 15.1. The minimum atomic E-state index is -0.000486. The monoisotopic (exact) mass is 403 g/mol. The van der Waals surface area contributed by atoms with Crippen molar-refractivity contribution in [1.29, 1.82) is 0 Å². The van der Waals surface area contributed by atoms with Gasteiger partial charge in [-0.25, -0.2) is 0 Å². The quantitative estimate of drug-likeness (QED) is 0.542. The van der Waals surface area contributed by atoms with E-state index in [1.165, 1.54) is 0 Å². The lowest BCUT2D eigenvalue weighted by Gasteiger charge is -2.05. The van der Waals surface area contributed by atoms with Crippen LogP contribution in [0.1, 0.15) is 21.6 Å². The van der Waals surface area contributed by atoms with E-state index >= 15 is 0 Å². The van der Waals surface area contributed by atoms with Crippen LogP contribution in [0.2, 0.25) is 0 Å². The fourth-order valence-corrected chi connectivity index (χ4v) is 3.51. The number of carbonyl (C=O) groups excluding carboxylic acids is 1. The van der Waals surface area contributed by atoms with Crippen LogP contribution in [0.4, 0.5) is 0 Å². The molecule has 2 aromatic carbocycles. The number of aryl methyl sites for hydroxylation is 1. The van der Waals surface area contributed by atoms with Crippen LogP contribution in [-0.2, 0) is 0 Å². The fourth-order valence-electron chi connectivity index (χ4n) is 2.22. The molecular formula is C17H11Br2NO. The average molecular weight is 405 g/mol. The minimum Gasteiger partial charge on any atom is -0.289 e. The number of halogens is 2. The van der Waals surface area contributed by atoms with E-state index in [9.17, 15) is 4.79 Å². The van der Waals surface area contributed by atoms with Crippen molar-refractivity contribution < 1.29 is 4.79 Å². The molecule has 3 rings (SSSR count). The van der Waals surface area contributed by atoms with Crippen molar-refractivity contribution >= 4 is 48.5 Å². The van der Waals surface area contributed by atoms with E-state index in [1.54, 1.807) is 0 Å². The summed E-state index contributed by atoms with van der Waals surface area (Å²) in [6.45, 7) is 1.96. The van der Waals surface area contributed by atoms with Gasteiger partial charge in [0.25, 0.3) is 0 Å². The zero-order valence-corrected chi connectivity index (χ0v) is 14.4. The second-order valence-electron chi connectivity index (χ2n) is 4.85. The molecule has 0 bridgehead atoms. The van der Waals surface area contributed by atoms with E-state index in [-0.39, 0.29) is 5.78 Å². The van der Waals surface area contributed by atoms with Gasteiger partial charge in [0.1, 0.15) is 0 Å². The zero-order chi connectivity index (χ0) is 15.0. The van der Waals surface area contributed by atoms with E-state index in [1.807, 2.05) is 55.5 Å². The van der Waals surface area contributed by atoms with Gasteiger partial charge in [-0.3, -0.25) is 9.78 Å². The van der Waals surface area contributed by atoms with Crippen LogP contribution in [0.15, 0.2) is 57.5 Å². The Kier molecular flexibility index (Phi) is 3.91. The van der Waals surface area contributed by atoms with Crippen molar-refractivity contribution in [2.24, 2.45) is 0 Å². The van der Waals surface area contributed by atoms with Crippen LogP contribution in [0.3, 0.4) is 0 Å². The first-order chi connectivity index (χ1) is 10.0. The summed E-state index contributed by atoms with van der Waals surface area (Å²) in [7, 11) is 0. The SMILES string of the molecule is Cc1ccc2cc(C(=O)c3cc(Br)cc(Br)c3)ccc2n1. The Morgan fingerprint density at radius 1 is 0.905 bits per heavy atom. The fraction of sp³-hybridized carbons (Fsp3) is 0.0588. The summed E-state index contributed by atoms with van der Waals surface area (Å²) in [5.41, 5.74) is 3.19. The molecule has 1 aromatic heterocycles. The van der Waals surface area contributed by atoms with E-state index in [0.29, 0.717) is 11.1 Å². The Bertz CT molecular complexity index is 838. The molecule has 0 N–H and O–H groups in total. The molecule has 0 aliphatic carbocycles. The molecule has 0 atom stereocenters. The van der Waals surface area contributed by atoms with Crippen molar-refractivity contribution in [2.75, 3.05) is 0 Å². The molecule has 0 aliphatic heterocycles. The van der Waals surface area contributed by atoms with Crippen LogP contribution in [-0.4, -0.2) is 10.8 Å². The molecule has 0 radical (unpaired) electrons. The van der Waals surface area contributed by atoms with Crippen LogP contribution < -0.4 is 0 Å². The van der Waals surface area contributed by atoms with Gasteiger partial charge >= 0.3 is 0 Å². The highest BCUT2D eigenvalue weighted by Gasteiger charge is 2.11.